The van der Waals surface area contributed by atoms with Gasteiger partial charge in [0.05, 0.1) is 0 Å². The number of hydrogen-bond acceptors (Lipinski definition) is 3. The van der Waals surface area contributed by atoms with E-state index in [0.717, 1.165) is 63.6 Å². The van der Waals surface area contributed by atoms with E-state index in [-0.39, 0.29) is 5.82 Å². The predicted octanol–water partition coefficient (Wildman–Crippen LogP) is 1.95. The normalized spacial score (nSPS) is 17.1. The lowest BCUT2D eigenvalue weighted by Gasteiger charge is -2.19. The van der Waals surface area contributed by atoms with Crippen LogP contribution in [0.25, 0.3) is 0 Å². The Balaban J connectivity index is 1.67. The van der Waals surface area contributed by atoms with Crippen molar-refractivity contribution >= 4 is 5.96 Å². The van der Waals surface area contributed by atoms with Crippen LogP contribution in [0.4, 0.5) is 4.39 Å². The molecule has 6 heteroatoms. The number of likely N-dealkylation sites (N-methyl/N-ethyl adjacent to an activating group) is 1. The van der Waals surface area contributed by atoms with Crippen molar-refractivity contribution in [2.24, 2.45) is 4.99 Å². The largest absolute Gasteiger partial charge is 0.357 e. The molecule has 1 heterocycles. The maximum absolute atomic E-state index is 12.9. The van der Waals surface area contributed by atoms with Crippen molar-refractivity contribution in [2.45, 2.75) is 26.2 Å². The van der Waals surface area contributed by atoms with E-state index < -0.39 is 0 Å². The Labute approximate surface area is 157 Å². The molecule has 1 aliphatic rings. The van der Waals surface area contributed by atoms with E-state index in [0.29, 0.717) is 0 Å². The Morgan fingerprint density at radius 3 is 2.69 bits per heavy atom. The molecule has 2 N–H and O–H groups in total. The molecular weight excluding hydrogens is 329 g/mol. The lowest BCUT2D eigenvalue weighted by Crippen LogP contribution is -2.38. The second-order valence-electron chi connectivity index (χ2n) is 6.92. The van der Waals surface area contributed by atoms with E-state index in [1.165, 1.54) is 31.6 Å². The van der Waals surface area contributed by atoms with Crippen LogP contribution in [0, 0.1) is 5.82 Å². The van der Waals surface area contributed by atoms with Crippen molar-refractivity contribution < 1.29 is 4.39 Å². The highest BCUT2D eigenvalue weighted by molar-refractivity contribution is 5.79. The lowest BCUT2D eigenvalue weighted by molar-refractivity contribution is 0.275. The molecule has 0 spiro atoms. The summed E-state index contributed by atoms with van der Waals surface area (Å²) in [6.07, 6.45) is 3.19. The summed E-state index contributed by atoms with van der Waals surface area (Å²) >= 11 is 0. The predicted molar refractivity (Wildman–Crippen MR) is 107 cm³/mol. The second kappa shape index (κ2) is 11.9. The van der Waals surface area contributed by atoms with Gasteiger partial charge in [-0.1, -0.05) is 12.1 Å². The van der Waals surface area contributed by atoms with Gasteiger partial charge in [0.25, 0.3) is 0 Å². The summed E-state index contributed by atoms with van der Waals surface area (Å²) in [5.74, 6) is 0.679. The number of halogens is 1. The lowest BCUT2D eigenvalue weighted by atomic mass is 10.1. The van der Waals surface area contributed by atoms with Gasteiger partial charge in [-0.3, -0.25) is 4.99 Å². The quantitative estimate of drug-likeness (QED) is 0.421. The number of benzene rings is 1. The van der Waals surface area contributed by atoms with Gasteiger partial charge >= 0.3 is 0 Å². The third-order valence-corrected chi connectivity index (χ3v) is 4.68. The van der Waals surface area contributed by atoms with Crippen LogP contribution in [0.1, 0.15) is 25.3 Å². The van der Waals surface area contributed by atoms with Crippen LogP contribution in [-0.2, 0) is 6.42 Å². The average molecular weight is 364 g/mol. The number of nitrogens with one attached hydrogen (secondary N) is 2. The molecule has 0 atom stereocenters. The van der Waals surface area contributed by atoms with Gasteiger partial charge in [0.1, 0.15) is 5.82 Å². The fourth-order valence-corrected chi connectivity index (χ4v) is 3.13. The fourth-order valence-electron chi connectivity index (χ4n) is 3.13. The first-order chi connectivity index (χ1) is 12.7. The molecule has 2 rings (SSSR count). The molecule has 5 nitrogen and oxygen atoms in total. The third-order valence-electron chi connectivity index (χ3n) is 4.68. The molecule has 1 saturated heterocycles. The molecular formula is C20H34FN5. The SMILES string of the molecule is CCNC(=NCCCN1CCCN(C)CC1)NCCc1ccc(F)cc1. The molecule has 1 aliphatic heterocycles. The van der Waals surface area contributed by atoms with Crippen LogP contribution in [0.5, 0.6) is 0 Å². The summed E-state index contributed by atoms with van der Waals surface area (Å²) in [6, 6.07) is 6.68. The fraction of sp³-hybridized carbons (Fsp3) is 0.650. The number of guanidine groups is 1. The zero-order valence-corrected chi connectivity index (χ0v) is 16.3. The molecule has 0 aliphatic carbocycles. The first-order valence-electron chi connectivity index (χ1n) is 9.85. The van der Waals surface area contributed by atoms with Crippen molar-refractivity contribution in [1.29, 1.82) is 0 Å². The van der Waals surface area contributed by atoms with E-state index in [2.05, 4.69) is 39.4 Å². The highest BCUT2D eigenvalue weighted by atomic mass is 19.1. The molecule has 0 aromatic heterocycles. The molecule has 1 aromatic carbocycles. The van der Waals surface area contributed by atoms with Crippen molar-refractivity contribution in [3.8, 4) is 0 Å². The zero-order chi connectivity index (χ0) is 18.6. The minimum absolute atomic E-state index is 0.187. The average Bonchev–Trinajstić information content (AvgIpc) is 2.84. The van der Waals surface area contributed by atoms with Gasteiger partial charge < -0.3 is 20.4 Å². The molecule has 0 amide bonds. The Morgan fingerprint density at radius 1 is 1.12 bits per heavy atom. The number of rotatable bonds is 8. The van der Waals surface area contributed by atoms with Crippen LogP contribution in [0.2, 0.25) is 0 Å². The van der Waals surface area contributed by atoms with Gasteiger partial charge in [-0.15, -0.1) is 0 Å². The first-order valence-corrected chi connectivity index (χ1v) is 9.85. The molecule has 0 radical (unpaired) electrons. The highest BCUT2D eigenvalue weighted by Crippen LogP contribution is 2.03. The van der Waals surface area contributed by atoms with Gasteiger partial charge in [-0.05, 0) is 70.6 Å². The van der Waals surface area contributed by atoms with E-state index in [1.807, 2.05) is 12.1 Å². The summed E-state index contributed by atoms with van der Waals surface area (Å²) < 4.78 is 12.9. The second-order valence-corrected chi connectivity index (χ2v) is 6.92. The van der Waals surface area contributed by atoms with Crippen molar-refractivity contribution in [2.75, 3.05) is 59.4 Å². The van der Waals surface area contributed by atoms with Crippen LogP contribution in [0.15, 0.2) is 29.3 Å². The van der Waals surface area contributed by atoms with Crippen LogP contribution in [-0.4, -0.2) is 75.2 Å². The maximum Gasteiger partial charge on any atom is 0.191 e. The smallest absolute Gasteiger partial charge is 0.191 e. The molecule has 1 aromatic rings. The van der Waals surface area contributed by atoms with Gasteiger partial charge in [0.15, 0.2) is 5.96 Å². The Morgan fingerprint density at radius 2 is 1.92 bits per heavy atom. The molecule has 26 heavy (non-hydrogen) atoms. The Hall–Kier alpha value is -1.66. The monoisotopic (exact) mass is 363 g/mol. The topological polar surface area (TPSA) is 42.9 Å². The van der Waals surface area contributed by atoms with E-state index in [1.54, 1.807) is 0 Å². The van der Waals surface area contributed by atoms with Crippen LogP contribution < -0.4 is 10.6 Å². The van der Waals surface area contributed by atoms with Crippen LogP contribution in [0.3, 0.4) is 0 Å². The van der Waals surface area contributed by atoms with E-state index in [4.69, 9.17) is 0 Å². The molecule has 1 fully saturated rings. The Bertz CT molecular complexity index is 532. The van der Waals surface area contributed by atoms with E-state index >= 15 is 0 Å². The third kappa shape index (κ3) is 8.15. The minimum atomic E-state index is -0.187. The van der Waals surface area contributed by atoms with Gasteiger partial charge in [0, 0.05) is 32.7 Å². The van der Waals surface area contributed by atoms with Gasteiger partial charge in [0.2, 0.25) is 0 Å². The highest BCUT2D eigenvalue weighted by Gasteiger charge is 2.11. The van der Waals surface area contributed by atoms with Crippen molar-refractivity contribution in [3.63, 3.8) is 0 Å². The Kier molecular flexibility index (Phi) is 9.42. The summed E-state index contributed by atoms with van der Waals surface area (Å²) in [6.45, 7) is 10.4. The van der Waals surface area contributed by atoms with Crippen molar-refractivity contribution in [1.82, 2.24) is 20.4 Å². The first kappa shape index (κ1) is 20.6. The van der Waals surface area contributed by atoms with E-state index in [9.17, 15) is 4.39 Å². The maximum atomic E-state index is 12.9. The number of aliphatic imine (C=N–C) groups is 1. The summed E-state index contributed by atoms with van der Waals surface area (Å²) in [7, 11) is 2.20. The zero-order valence-electron chi connectivity index (χ0n) is 16.3. The minimum Gasteiger partial charge on any atom is -0.357 e. The summed E-state index contributed by atoms with van der Waals surface area (Å²) in [5, 5.41) is 6.65. The molecule has 0 bridgehead atoms. The summed E-state index contributed by atoms with van der Waals surface area (Å²) in [5.41, 5.74) is 1.13. The number of nitrogens with zero attached hydrogens (tertiary/aromatic N) is 3. The van der Waals surface area contributed by atoms with Gasteiger partial charge in [-0.25, -0.2) is 4.39 Å². The number of hydrogen-bond donors (Lipinski definition) is 2. The standard InChI is InChI=1S/C20H34FN5/c1-3-22-20(24-12-10-18-6-8-19(21)9-7-18)23-11-4-14-26-15-5-13-25(2)16-17-26/h6-9H,3-5,10-17H2,1-2H3,(H2,22,23,24). The summed E-state index contributed by atoms with van der Waals surface area (Å²) in [4.78, 5) is 9.64. The molecule has 0 saturated carbocycles. The van der Waals surface area contributed by atoms with Crippen molar-refractivity contribution in [3.05, 3.63) is 35.6 Å². The van der Waals surface area contributed by atoms with Crippen LogP contribution >= 0.6 is 0 Å². The van der Waals surface area contributed by atoms with Gasteiger partial charge in [-0.2, -0.15) is 0 Å². The molecule has 146 valence electrons. The molecule has 0 unspecified atom stereocenters.